The molecule has 6 heteroatoms. The highest BCUT2D eigenvalue weighted by molar-refractivity contribution is 5.40. The van der Waals surface area contributed by atoms with Crippen molar-refractivity contribution < 1.29 is 10.0 Å². The van der Waals surface area contributed by atoms with Gasteiger partial charge >= 0.3 is 0 Å². The number of benzene rings is 1. The fraction of sp³-hybridized carbons (Fsp3) is 0.333. The standard InChI is InChI=1S/C9H13N3O3/c10-8-3-1-2-7(4-8)5-9(11,13)6-12(14)15/h1-4,13H,5-6,10-11H2. The van der Waals surface area contributed by atoms with Crippen molar-refractivity contribution >= 4 is 5.69 Å². The predicted molar refractivity (Wildman–Crippen MR) is 55.6 cm³/mol. The Morgan fingerprint density at radius 3 is 2.73 bits per heavy atom. The molecule has 0 aromatic heterocycles. The lowest BCUT2D eigenvalue weighted by atomic mass is 10.0. The van der Waals surface area contributed by atoms with Crippen LogP contribution in [0.5, 0.6) is 0 Å². The van der Waals surface area contributed by atoms with Crippen molar-refractivity contribution in [2.24, 2.45) is 5.73 Å². The van der Waals surface area contributed by atoms with Crippen LogP contribution in [0.1, 0.15) is 5.56 Å². The molecule has 0 aliphatic heterocycles. The summed E-state index contributed by atoms with van der Waals surface area (Å²) in [5.41, 5.74) is 10.3. The van der Waals surface area contributed by atoms with Gasteiger partial charge in [0.05, 0.1) is 0 Å². The summed E-state index contributed by atoms with van der Waals surface area (Å²) in [4.78, 5) is 9.57. The van der Waals surface area contributed by atoms with E-state index in [1.54, 1.807) is 24.3 Å². The van der Waals surface area contributed by atoms with E-state index in [-0.39, 0.29) is 6.42 Å². The summed E-state index contributed by atoms with van der Waals surface area (Å²) >= 11 is 0. The number of hydrogen-bond acceptors (Lipinski definition) is 5. The van der Waals surface area contributed by atoms with E-state index in [2.05, 4.69) is 0 Å². The minimum Gasteiger partial charge on any atom is -0.399 e. The smallest absolute Gasteiger partial charge is 0.245 e. The first-order chi connectivity index (χ1) is 6.89. The molecule has 0 fully saturated rings. The van der Waals surface area contributed by atoms with E-state index < -0.39 is 17.2 Å². The van der Waals surface area contributed by atoms with Gasteiger partial charge in [0.1, 0.15) is 0 Å². The Hall–Kier alpha value is -1.66. The van der Waals surface area contributed by atoms with Crippen LogP contribution in [0.2, 0.25) is 0 Å². The number of nitrogens with two attached hydrogens (primary N) is 2. The van der Waals surface area contributed by atoms with E-state index in [0.29, 0.717) is 11.3 Å². The van der Waals surface area contributed by atoms with Gasteiger partial charge in [-0.25, -0.2) is 0 Å². The number of rotatable bonds is 4. The Kier molecular flexibility index (Phi) is 3.23. The summed E-state index contributed by atoms with van der Waals surface area (Å²) in [5, 5.41) is 19.7. The van der Waals surface area contributed by atoms with Gasteiger partial charge in [0.25, 0.3) is 0 Å². The van der Waals surface area contributed by atoms with E-state index in [1.807, 2.05) is 0 Å². The summed E-state index contributed by atoms with van der Waals surface area (Å²) in [7, 11) is 0. The Balaban J connectivity index is 2.72. The molecule has 6 nitrogen and oxygen atoms in total. The molecule has 0 aliphatic rings. The van der Waals surface area contributed by atoms with Gasteiger partial charge in [-0.15, -0.1) is 0 Å². The number of aliphatic hydroxyl groups is 1. The fourth-order valence-corrected chi connectivity index (χ4v) is 1.34. The van der Waals surface area contributed by atoms with Crippen molar-refractivity contribution in [3.8, 4) is 0 Å². The second kappa shape index (κ2) is 4.24. The van der Waals surface area contributed by atoms with Crippen molar-refractivity contribution in [1.82, 2.24) is 0 Å². The molecular formula is C9H13N3O3. The minimum atomic E-state index is -1.84. The molecule has 0 spiro atoms. The van der Waals surface area contributed by atoms with Crippen molar-refractivity contribution in [3.63, 3.8) is 0 Å². The molecule has 15 heavy (non-hydrogen) atoms. The Morgan fingerprint density at radius 2 is 2.20 bits per heavy atom. The first kappa shape index (κ1) is 11.4. The highest BCUT2D eigenvalue weighted by Crippen LogP contribution is 2.12. The topological polar surface area (TPSA) is 115 Å². The van der Waals surface area contributed by atoms with Crippen LogP contribution in [0, 0.1) is 10.1 Å². The zero-order chi connectivity index (χ0) is 11.5. The number of hydrogen-bond donors (Lipinski definition) is 3. The van der Waals surface area contributed by atoms with Crippen molar-refractivity contribution in [2.45, 2.75) is 12.1 Å². The van der Waals surface area contributed by atoms with E-state index >= 15 is 0 Å². The fourth-order valence-electron chi connectivity index (χ4n) is 1.34. The van der Waals surface area contributed by atoms with Crippen LogP contribution in [0.3, 0.4) is 0 Å². The van der Waals surface area contributed by atoms with Gasteiger partial charge in [-0.05, 0) is 17.7 Å². The number of nitro groups is 1. The van der Waals surface area contributed by atoms with Gasteiger partial charge in [0.15, 0.2) is 5.72 Å². The second-order valence-electron chi connectivity index (χ2n) is 3.52. The number of nitrogens with zero attached hydrogens (tertiary/aromatic N) is 1. The van der Waals surface area contributed by atoms with Crippen molar-refractivity contribution in [2.75, 3.05) is 12.3 Å². The molecular weight excluding hydrogens is 198 g/mol. The van der Waals surface area contributed by atoms with Crippen molar-refractivity contribution in [1.29, 1.82) is 0 Å². The van der Waals surface area contributed by atoms with Crippen LogP contribution >= 0.6 is 0 Å². The van der Waals surface area contributed by atoms with Crippen LogP contribution in [-0.4, -0.2) is 22.3 Å². The molecule has 0 saturated heterocycles. The van der Waals surface area contributed by atoms with Gasteiger partial charge in [-0.3, -0.25) is 15.8 Å². The summed E-state index contributed by atoms with van der Waals surface area (Å²) in [6.07, 6.45) is -0.000972. The second-order valence-corrected chi connectivity index (χ2v) is 3.52. The SMILES string of the molecule is Nc1cccc(CC(N)(O)C[N+](=O)[O-])c1. The van der Waals surface area contributed by atoms with Gasteiger partial charge in [0.2, 0.25) is 6.54 Å². The van der Waals surface area contributed by atoms with E-state index in [1.165, 1.54) is 0 Å². The molecule has 1 unspecified atom stereocenters. The molecule has 1 aromatic carbocycles. The molecule has 0 radical (unpaired) electrons. The normalized spacial score (nSPS) is 14.5. The largest absolute Gasteiger partial charge is 0.399 e. The van der Waals surface area contributed by atoms with Gasteiger partial charge < -0.3 is 10.8 Å². The first-order valence-electron chi connectivity index (χ1n) is 4.36. The Labute approximate surface area is 86.7 Å². The van der Waals surface area contributed by atoms with Gasteiger partial charge in [0, 0.05) is 17.0 Å². The summed E-state index contributed by atoms with van der Waals surface area (Å²) < 4.78 is 0. The maximum atomic E-state index is 10.2. The summed E-state index contributed by atoms with van der Waals surface area (Å²) in [6, 6.07) is 6.71. The predicted octanol–water partition coefficient (Wildman–Crippen LogP) is -0.265. The van der Waals surface area contributed by atoms with E-state index in [9.17, 15) is 15.2 Å². The van der Waals surface area contributed by atoms with Crippen LogP contribution < -0.4 is 11.5 Å². The Bertz CT molecular complexity index is 365. The van der Waals surface area contributed by atoms with Crippen LogP contribution in [0.4, 0.5) is 5.69 Å². The molecule has 1 atom stereocenters. The maximum absolute atomic E-state index is 10.2. The first-order valence-corrected chi connectivity index (χ1v) is 4.36. The molecule has 0 heterocycles. The lowest BCUT2D eigenvalue weighted by Gasteiger charge is -2.18. The van der Waals surface area contributed by atoms with Crippen LogP contribution in [0.15, 0.2) is 24.3 Å². The van der Waals surface area contributed by atoms with E-state index in [4.69, 9.17) is 11.5 Å². The van der Waals surface area contributed by atoms with Gasteiger partial charge in [-0.1, -0.05) is 12.1 Å². The van der Waals surface area contributed by atoms with Gasteiger partial charge in [-0.2, -0.15) is 0 Å². The molecule has 5 N–H and O–H groups in total. The average Bonchev–Trinajstić information content (AvgIpc) is 1.99. The monoisotopic (exact) mass is 211 g/mol. The Morgan fingerprint density at radius 1 is 1.53 bits per heavy atom. The quantitative estimate of drug-likeness (QED) is 0.274. The van der Waals surface area contributed by atoms with Crippen LogP contribution in [0.25, 0.3) is 0 Å². The number of nitrogen functional groups attached to an aromatic ring is 1. The molecule has 82 valence electrons. The van der Waals surface area contributed by atoms with Crippen LogP contribution in [-0.2, 0) is 6.42 Å². The molecule has 0 aliphatic carbocycles. The summed E-state index contributed by atoms with van der Waals surface area (Å²) in [6.45, 7) is -0.693. The average molecular weight is 211 g/mol. The van der Waals surface area contributed by atoms with Crippen molar-refractivity contribution in [3.05, 3.63) is 39.9 Å². The molecule has 1 rings (SSSR count). The number of anilines is 1. The zero-order valence-electron chi connectivity index (χ0n) is 8.09. The lowest BCUT2D eigenvalue weighted by molar-refractivity contribution is -0.500. The molecule has 1 aromatic rings. The molecule has 0 amide bonds. The highest BCUT2D eigenvalue weighted by Gasteiger charge is 2.28. The third-order valence-electron chi connectivity index (χ3n) is 1.86. The summed E-state index contributed by atoms with van der Waals surface area (Å²) in [5.74, 6) is 0. The molecule has 0 bridgehead atoms. The third kappa shape index (κ3) is 3.92. The highest BCUT2D eigenvalue weighted by atomic mass is 16.6. The zero-order valence-corrected chi connectivity index (χ0v) is 8.09. The third-order valence-corrected chi connectivity index (χ3v) is 1.86. The lowest BCUT2D eigenvalue weighted by Crippen LogP contribution is -2.48. The maximum Gasteiger partial charge on any atom is 0.245 e. The minimum absolute atomic E-state index is 0.000972. The molecule has 0 saturated carbocycles. The van der Waals surface area contributed by atoms with E-state index in [0.717, 1.165) is 0 Å².